The summed E-state index contributed by atoms with van der Waals surface area (Å²) < 4.78 is 0. The van der Waals surface area contributed by atoms with E-state index in [4.69, 9.17) is 0 Å². The molecule has 1 aromatic carbocycles. The van der Waals surface area contributed by atoms with E-state index in [1.807, 2.05) is 12.1 Å². The molecule has 0 N–H and O–H groups in total. The number of rotatable bonds is 2. The van der Waals surface area contributed by atoms with Crippen molar-refractivity contribution in [3.8, 4) is 0 Å². The highest BCUT2D eigenvalue weighted by Crippen LogP contribution is 2.46. The van der Waals surface area contributed by atoms with Crippen molar-refractivity contribution in [2.24, 2.45) is 5.92 Å². The van der Waals surface area contributed by atoms with E-state index in [9.17, 15) is 9.59 Å². The van der Waals surface area contributed by atoms with E-state index in [0.29, 0.717) is 23.0 Å². The molecule has 19 heavy (non-hydrogen) atoms. The van der Waals surface area contributed by atoms with Crippen LogP contribution in [0, 0.1) is 5.92 Å². The number of Topliss-reactive ketones (excluding diaryl/α,β-unsaturated/α-hetero) is 1. The molecule has 1 aliphatic rings. The normalized spacial score (nSPS) is 24.7. The van der Waals surface area contributed by atoms with Crippen molar-refractivity contribution in [2.45, 2.75) is 52.4 Å². The summed E-state index contributed by atoms with van der Waals surface area (Å²) in [6, 6.07) is 3.88. The molecule has 0 saturated carbocycles. The number of carbonyl (C=O) groups is 2. The Hall–Kier alpha value is -1.44. The average Bonchev–Trinajstić information content (AvgIpc) is 2.35. The molecule has 0 saturated heterocycles. The van der Waals surface area contributed by atoms with Gasteiger partial charge in [0.1, 0.15) is 0 Å². The van der Waals surface area contributed by atoms with Gasteiger partial charge in [-0.05, 0) is 53.9 Å². The van der Waals surface area contributed by atoms with Gasteiger partial charge in [-0.3, -0.25) is 9.59 Å². The van der Waals surface area contributed by atoms with E-state index in [1.165, 1.54) is 18.1 Å². The van der Waals surface area contributed by atoms with E-state index >= 15 is 0 Å². The second kappa shape index (κ2) is 4.59. The van der Waals surface area contributed by atoms with Crippen molar-refractivity contribution in [1.82, 2.24) is 0 Å². The lowest BCUT2D eigenvalue weighted by Crippen LogP contribution is -2.34. The lowest BCUT2D eigenvalue weighted by atomic mass is 9.62. The predicted molar refractivity (Wildman–Crippen MR) is 77.1 cm³/mol. The van der Waals surface area contributed by atoms with Crippen LogP contribution in [-0.2, 0) is 5.41 Å². The van der Waals surface area contributed by atoms with Gasteiger partial charge in [0.05, 0.1) is 0 Å². The third-order valence-electron chi connectivity index (χ3n) is 4.89. The predicted octanol–water partition coefficient (Wildman–Crippen LogP) is 4.12. The number of aldehydes is 1. The van der Waals surface area contributed by atoms with Gasteiger partial charge >= 0.3 is 0 Å². The second-order valence-corrected chi connectivity index (χ2v) is 6.46. The van der Waals surface area contributed by atoms with E-state index in [1.54, 1.807) is 0 Å². The molecular weight excluding hydrogens is 236 g/mol. The fraction of sp³-hybridized carbons (Fsp3) is 0.529. The van der Waals surface area contributed by atoms with E-state index < -0.39 is 0 Å². The molecule has 2 atom stereocenters. The monoisotopic (exact) mass is 258 g/mol. The minimum absolute atomic E-state index is 0.0338. The first-order valence-corrected chi connectivity index (χ1v) is 6.93. The highest BCUT2D eigenvalue weighted by Gasteiger charge is 2.37. The number of benzene rings is 1. The number of hydrogen-bond acceptors (Lipinski definition) is 2. The van der Waals surface area contributed by atoms with Crippen LogP contribution in [0.2, 0.25) is 0 Å². The maximum absolute atomic E-state index is 11.7. The topological polar surface area (TPSA) is 34.1 Å². The molecule has 2 rings (SSSR count). The Morgan fingerprint density at radius 1 is 1.32 bits per heavy atom. The Morgan fingerprint density at radius 2 is 1.95 bits per heavy atom. The number of ketones is 1. The smallest absolute Gasteiger partial charge is 0.160 e. The molecule has 0 radical (unpaired) electrons. The zero-order valence-electron chi connectivity index (χ0n) is 12.4. The van der Waals surface area contributed by atoms with E-state index in [0.717, 1.165) is 12.7 Å². The number of hydrogen-bond donors (Lipinski definition) is 0. The average molecular weight is 258 g/mol. The van der Waals surface area contributed by atoms with Gasteiger partial charge in [0, 0.05) is 11.1 Å². The van der Waals surface area contributed by atoms with Crippen molar-refractivity contribution in [3.05, 3.63) is 34.4 Å². The third kappa shape index (κ3) is 2.13. The molecule has 0 amide bonds. The highest BCUT2D eigenvalue weighted by atomic mass is 16.1. The molecule has 102 valence electrons. The van der Waals surface area contributed by atoms with Crippen LogP contribution in [0.5, 0.6) is 0 Å². The van der Waals surface area contributed by atoms with Gasteiger partial charge in [-0.25, -0.2) is 0 Å². The van der Waals surface area contributed by atoms with Crippen LogP contribution in [0.3, 0.4) is 0 Å². The number of carbonyl (C=O) groups excluding carboxylic acids is 2. The van der Waals surface area contributed by atoms with Crippen LogP contribution in [-0.4, -0.2) is 12.1 Å². The van der Waals surface area contributed by atoms with Crippen molar-refractivity contribution in [2.75, 3.05) is 0 Å². The summed E-state index contributed by atoms with van der Waals surface area (Å²) in [6.45, 7) is 10.4. The van der Waals surface area contributed by atoms with Crippen LogP contribution >= 0.6 is 0 Å². The maximum Gasteiger partial charge on any atom is 0.160 e. The Labute approximate surface area is 115 Å². The van der Waals surface area contributed by atoms with Crippen LogP contribution < -0.4 is 0 Å². The van der Waals surface area contributed by atoms with Gasteiger partial charge in [-0.2, -0.15) is 0 Å². The van der Waals surface area contributed by atoms with Gasteiger partial charge in [0.15, 0.2) is 12.1 Å². The summed E-state index contributed by atoms with van der Waals surface area (Å²) in [5.41, 5.74) is 3.60. The Kier molecular flexibility index (Phi) is 3.38. The quantitative estimate of drug-likeness (QED) is 0.590. The molecule has 0 bridgehead atoms. The fourth-order valence-electron chi connectivity index (χ4n) is 3.22. The molecule has 2 unspecified atom stereocenters. The summed E-state index contributed by atoms with van der Waals surface area (Å²) in [5.74, 6) is 0.975. The van der Waals surface area contributed by atoms with Crippen LogP contribution in [0.4, 0.5) is 0 Å². The minimum Gasteiger partial charge on any atom is -0.298 e. The van der Waals surface area contributed by atoms with Gasteiger partial charge < -0.3 is 0 Å². The second-order valence-electron chi connectivity index (χ2n) is 6.46. The summed E-state index contributed by atoms with van der Waals surface area (Å²) >= 11 is 0. The van der Waals surface area contributed by atoms with Crippen molar-refractivity contribution in [1.29, 1.82) is 0 Å². The zero-order chi connectivity index (χ0) is 14.4. The molecule has 0 aromatic heterocycles. The first kappa shape index (κ1) is 14.0. The van der Waals surface area contributed by atoms with Crippen LogP contribution in [0.1, 0.15) is 78.8 Å². The minimum atomic E-state index is -0.0338. The standard InChI is InChI=1S/C17H22O2/c1-10-6-11(2)17(4,5)16-7-13(9-18)15(12(3)19)8-14(10)16/h7-11H,6H2,1-5H3. The van der Waals surface area contributed by atoms with Crippen molar-refractivity contribution < 1.29 is 9.59 Å². The lowest BCUT2D eigenvalue weighted by molar-refractivity contribution is 0.100. The maximum atomic E-state index is 11.7. The Balaban J connectivity index is 2.72. The summed E-state index contributed by atoms with van der Waals surface area (Å²) in [7, 11) is 0. The molecule has 0 fully saturated rings. The molecule has 2 heteroatoms. The lowest BCUT2D eigenvalue weighted by Gasteiger charge is -2.42. The van der Waals surface area contributed by atoms with Crippen LogP contribution in [0.15, 0.2) is 12.1 Å². The summed E-state index contributed by atoms with van der Waals surface area (Å²) in [5, 5.41) is 0. The first-order valence-electron chi connectivity index (χ1n) is 6.93. The molecule has 1 aromatic rings. The first-order chi connectivity index (χ1) is 8.78. The molecule has 0 aliphatic heterocycles. The molecule has 2 nitrogen and oxygen atoms in total. The number of fused-ring (bicyclic) bond motifs is 1. The third-order valence-corrected chi connectivity index (χ3v) is 4.89. The van der Waals surface area contributed by atoms with Gasteiger partial charge in [-0.15, -0.1) is 0 Å². The van der Waals surface area contributed by atoms with Crippen LogP contribution in [0.25, 0.3) is 0 Å². The SMILES string of the molecule is CC(=O)c1cc2c(cc1C=O)C(C)(C)C(C)CC2C. The summed E-state index contributed by atoms with van der Waals surface area (Å²) in [4.78, 5) is 22.9. The highest BCUT2D eigenvalue weighted by molar-refractivity contribution is 6.01. The Bertz CT molecular complexity index is 540. The van der Waals surface area contributed by atoms with E-state index in [-0.39, 0.29) is 11.2 Å². The molecular formula is C17H22O2. The summed E-state index contributed by atoms with van der Waals surface area (Å²) in [6.07, 6.45) is 1.93. The zero-order valence-corrected chi connectivity index (χ0v) is 12.4. The molecule has 0 heterocycles. The van der Waals surface area contributed by atoms with Crippen molar-refractivity contribution >= 4 is 12.1 Å². The largest absolute Gasteiger partial charge is 0.298 e. The van der Waals surface area contributed by atoms with E-state index in [2.05, 4.69) is 27.7 Å². The molecule has 0 spiro atoms. The Morgan fingerprint density at radius 3 is 2.47 bits per heavy atom. The van der Waals surface area contributed by atoms with Crippen molar-refractivity contribution in [3.63, 3.8) is 0 Å². The van der Waals surface area contributed by atoms with Gasteiger partial charge in [0.2, 0.25) is 0 Å². The molecule has 1 aliphatic carbocycles. The fourth-order valence-corrected chi connectivity index (χ4v) is 3.22. The van der Waals surface area contributed by atoms with Gasteiger partial charge in [0.25, 0.3) is 0 Å². The van der Waals surface area contributed by atoms with Gasteiger partial charge in [-0.1, -0.05) is 27.7 Å².